The van der Waals surface area contributed by atoms with Gasteiger partial charge in [-0.25, -0.2) is 4.98 Å². The predicted octanol–water partition coefficient (Wildman–Crippen LogP) is 2.78. The molecule has 0 aromatic carbocycles. The van der Waals surface area contributed by atoms with Gasteiger partial charge in [-0.15, -0.1) is 0 Å². The van der Waals surface area contributed by atoms with Gasteiger partial charge < -0.3 is 15.5 Å². The van der Waals surface area contributed by atoms with Crippen LogP contribution in [0.25, 0.3) is 0 Å². The van der Waals surface area contributed by atoms with Crippen molar-refractivity contribution in [2.45, 2.75) is 45.1 Å². The van der Waals surface area contributed by atoms with Gasteiger partial charge in [0.1, 0.15) is 5.82 Å². The summed E-state index contributed by atoms with van der Waals surface area (Å²) in [5.41, 5.74) is 1.17. The van der Waals surface area contributed by atoms with Crippen molar-refractivity contribution in [3.05, 3.63) is 23.9 Å². The molecule has 2 rings (SSSR count). The molecule has 1 heterocycles. The van der Waals surface area contributed by atoms with Crippen LogP contribution in [0, 0.1) is 5.92 Å². The number of rotatable bonds is 7. The van der Waals surface area contributed by atoms with Gasteiger partial charge in [0.2, 0.25) is 0 Å². The Morgan fingerprint density at radius 1 is 1.30 bits per heavy atom. The van der Waals surface area contributed by atoms with Gasteiger partial charge in [0.15, 0.2) is 5.96 Å². The van der Waals surface area contributed by atoms with Gasteiger partial charge in [0.05, 0.1) is 0 Å². The smallest absolute Gasteiger partial charge is 0.191 e. The van der Waals surface area contributed by atoms with Crippen molar-refractivity contribution in [3.8, 4) is 0 Å². The van der Waals surface area contributed by atoms with Crippen molar-refractivity contribution in [3.63, 3.8) is 0 Å². The molecular weight excluding hydrogens is 286 g/mol. The molecule has 128 valence electrons. The van der Waals surface area contributed by atoms with Gasteiger partial charge >= 0.3 is 0 Å². The maximum atomic E-state index is 4.43. The van der Waals surface area contributed by atoms with E-state index in [2.05, 4.69) is 26.7 Å². The van der Waals surface area contributed by atoms with Gasteiger partial charge in [-0.1, -0.05) is 31.7 Å². The van der Waals surface area contributed by atoms with Crippen LogP contribution in [0.15, 0.2) is 23.3 Å². The molecule has 0 aliphatic heterocycles. The molecule has 2 N–H and O–H groups in total. The van der Waals surface area contributed by atoms with Crippen LogP contribution in [0.3, 0.4) is 0 Å². The van der Waals surface area contributed by atoms with Crippen LogP contribution in [0.5, 0.6) is 0 Å². The van der Waals surface area contributed by atoms with Gasteiger partial charge in [-0.3, -0.25) is 4.99 Å². The highest BCUT2D eigenvalue weighted by Gasteiger charge is 2.14. The normalized spacial score (nSPS) is 15.7. The number of hydrogen-bond acceptors (Lipinski definition) is 3. The first-order chi connectivity index (χ1) is 11.2. The molecule has 5 nitrogen and oxygen atoms in total. The third-order valence-electron chi connectivity index (χ3n) is 4.52. The molecule has 0 radical (unpaired) electrons. The lowest BCUT2D eigenvalue weighted by Crippen LogP contribution is -2.37. The molecule has 1 aromatic heterocycles. The quantitative estimate of drug-likeness (QED) is 0.461. The largest absolute Gasteiger partial charge is 0.362 e. The zero-order valence-electron chi connectivity index (χ0n) is 14.8. The lowest BCUT2D eigenvalue weighted by atomic mass is 10.0. The van der Waals surface area contributed by atoms with Gasteiger partial charge in [0, 0.05) is 46.0 Å². The summed E-state index contributed by atoms with van der Waals surface area (Å²) in [6.45, 7) is 1.72. The lowest BCUT2D eigenvalue weighted by Gasteiger charge is -2.17. The van der Waals surface area contributed by atoms with Crippen molar-refractivity contribution in [2.75, 3.05) is 32.6 Å². The molecule has 0 bridgehead atoms. The standard InChI is InChI=1S/C18H31N5/c1-19-18(21-13-6-10-15-8-4-5-9-15)22-14-16-11-7-12-20-17(16)23(2)3/h7,11-12,15H,4-6,8-10,13-14H2,1-3H3,(H2,19,21,22). The highest BCUT2D eigenvalue weighted by molar-refractivity contribution is 5.79. The van der Waals surface area contributed by atoms with Crippen LogP contribution >= 0.6 is 0 Å². The van der Waals surface area contributed by atoms with Crippen molar-refractivity contribution in [2.24, 2.45) is 10.9 Å². The van der Waals surface area contributed by atoms with Crippen LogP contribution in [-0.4, -0.2) is 38.6 Å². The second kappa shape index (κ2) is 9.38. The molecule has 5 heteroatoms. The minimum atomic E-state index is 0.726. The molecule has 0 atom stereocenters. The van der Waals surface area contributed by atoms with E-state index in [0.29, 0.717) is 0 Å². The Hall–Kier alpha value is -1.78. The lowest BCUT2D eigenvalue weighted by molar-refractivity contribution is 0.481. The Morgan fingerprint density at radius 2 is 2.09 bits per heavy atom. The van der Waals surface area contributed by atoms with E-state index in [1.54, 1.807) is 0 Å². The summed E-state index contributed by atoms with van der Waals surface area (Å²) in [6, 6.07) is 4.07. The number of nitrogens with one attached hydrogen (secondary N) is 2. The molecule has 1 fully saturated rings. The number of nitrogens with zero attached hydrogens (tertiary/aromatic N) is 3. The summed E-state index contributed by atoms with van der Waals surface area (Å²) in [4.78, 5) is 10.8. The summed E-state index contributed by atoms with van der Waals surface area (Å²) < 4.78 is 0. The Labute approximate surface area is 140 Å². The van der Waals surface area contributed by atoms with Crippen molar-refractivity contribution in [1.82, 2.24) is 15.6 Å². The fourth-order valence-electron chi connectivity index (χ4n) is 3.27. The highest BCUT2D eigenvalue weighted by atomic mass is 15.2. The number of anilines is 1. The van der Waals surface area contributed by atoms with E-state index in [1.165, 1.54) is 44.1 Å². The minimum Gasteiger partial charge on any atom is -0.362 e. The number of aliphatic imine (C=N–C) groups is 1. The van der Waals surface area contributed by atoms with Gasteiger partial charge in [0.25, 0.3) is 0 Å². The summed E-state index contributed by atoms with van der Waals surface area (Å²) in [6.07, 6.45) is 10.1. The molecule has 0 saturated heterocycles. The third-order valence-corrected chi connectivity index (χ3v) is 4.52. The van der Waals surface area contributed by atoms with Crippen molar-refractivity contribution < 1.29 is 0 Å². The van der Waals surface area contributed by atoms with Crippen LogP contribution in [0.1, 0.15) is 44.1 Å². The minimum absolute atomic E-state index is 0.726. The molecule has 0 amide bonds. The SMILES string of the molecule is CN=C(NCCCC1CCCC1)NCc1cccnc1N(C)C. The zero-order chi connectivity index (χ0) is 16.5. The summed E-state index contributed by atoms with van der Waals surface area (Å²) in [5.74, 6) is 2.83. The number of hydrogen-bond donors (Lipinski definition) is 2. The van der Waals surface area contributed by atoms with Crippen LogP contribution in [-0.2, 0) is 6.54 Å². The number of pyridine rings is 1. The molecule has 1 aliphatic carbocycles. The average molecular weight is 317 g/mol. The Balaban J connectivity index is 1.72. The Kier molecular flexibility index (Phi) is 7.17. The fourth-order valence-corrected chi connectivity index (χ4v) is 3.27. The maximum Gasteiger partial charge on any atom is 0.191 e. The Bertz CT molecular complexity index is 492. The third kappa shape index (κ3) is 5.73. The van der Waals surface area contributed by atoms with E-state index < -0.39 is 0 Å². The van der Waals surface area contributed by atoms with Crippen LogP contribution < -0.4 is 15.5 Å². The second-order valence-electron chi connectivity index (χ2n) is 6.53. The van der Waals surface area contributed by atoms with Gasteiger partial charge in [-0.05, 0) is 24.8 Å². The van der Waals surface area contributed by atoms with Crippen molar-refractivity contribution >= 4 is 11.8 Å². The topological polar surface area (TPSA) is 52.6 Å². The van der Waals surface area contributed by atoms with E-state index >= 15 is 0 Å². The zero-order valence-corrected chi connectivity index (χ0v) is 14.8. The first kappa shape index (κ1) is 17.6. The second-order valence-corrected chi connectivity index (χ2v) is 6.53. The Morgan fingerprint density at radius 3 is 2.78 bits per heavy atom. The van der Waals surface area contributed by atoms with Crippen LogP contribution in [0.2, 0.25) is 0 Å². The van der Waals surface area contributed by atoms with Crippen molar-refractivity contribution in [1.29, 1.82) is 0 Å². The highest BCUT2D eigenvalue weighted by Crippen LogP contribution is 2.28. The fraction of sp³-hybridized carbons (Fsp3) is 0.667. The molecule has 0 unspecified atom stereocenters. The molecule has 1 saturated carbocycles. The molecular formula is C18H31N5. The van der Waals surface area contributed by atoms with E-state index in [0.717, 1.165) is 30.8 Å². The monoisotopic (exact) mass is 317 g/mol. The number of aromatic nitrogens is 1. The van der Waals surface area contributed by atoms with Crippen LogP contribution in [0.4, 0.5) is 5.82 Å². The molecule has 1 aromatic rings. The van der Waals surface area contributed by atoms with E-state index in [4.69, 9.17) is 0 Å². The summed E-state index contributed by atoms with van der Waals surface area (Å²) in [5, 5.41) is 6.80. The maximum absolute atomic E-state index is 4.43. The first-order valence-electron chi connectivity index (χ1n) is 8.76. The van der Waals surface area contributed by atoms with Gasteiger partial charge in [-0.2, -0.15) is 0 Å². The number of guanidine groups is 1. The summed E-state index contributed by atoms with van der Waals surface area (Å²) >= 11 is 0. The average Bonchev–Trinajstić information content (AvgIpc) is 3.07. The van der Waals surface area contributed by atoms with E-state index in [1.807, 2.05) is 38.3 Å². The van der Waals surface area contributed by atoms with E-state index in [-0.39, 0.29) is 0 Å². The first-order valence-corrected chi connectivity index (χ1v) is 8.76. The van der Waals surface area contributed by atoms with E-state index in [9.17, 15) is 0 Å². The molecule has 0 spiro atoms. The summed E-state index contributed by atoms with van der Waals surface area (Å²) in [7, 11) is 5.85. The predicted molar refractivity (Wildman–Crippen MR) is 98.0 cm³/mol. The molecule has 23 heavy (non-hydrogen) atoms. The molecule has 1 aliphatic rings.